The quantitative estimate of drug-likeness (QED) is 0.907. The van der Waals surface area contributed by atoms with Gasteiger partial charge < -0.3 is 10.1 Å². The number of carbonyl (C=O) groups excluding carboxylic acids is 1. The minimum absolute atomic E-state index is 0.0126. The van der Waals surface area contributed by atoms with Crippen molar-refractivity contribution in [3.05, 3.63) is 47.3 Å². The van der Waals surface area contributed by atoms with Gasteiger partial charge in [-0.25, -0.2) is 0 Å². The topological polar surface area (TPSA) is 59.4 Å². The highest BCUT2D eigenvalue weighted by atomic mass is 16.5. The number of aryl methyl sites for hydroxylation is 2. The molecule has 1 aliphatic rings. The molecule has 0 spiro atoms. The minimum Gasteiger partial charge on any atom is -0.371 e. The van der Waals surface area contributed by atoms with E-state index in [2.05, 4.69) is 22.2 Å². The van der Waals surface area contributed by atoms with Crippen LogP contribution in [0.2, 0.25) is 0 Å². The van der Waals surface area contributed by atoms with Crippen LogP contribution in [-0.4, -0.2) is 46.8 Å². The zero-order valence-electron chi connectivity index (χ0n) is 15.2. The number of hydrogen-bond donors (Lipinski definition) is 1. The normalized spacial score (nSPS) is 18.3. The average molecular weight is 342 g/mol. The van der Waals surface area contributed by atoms with E-state index in [4.69, 9.17) is 4.74 Å². The average Bonchev–Trinajstić information content (AvgIpc) is 3.08. The highest BCUT2D eigenvalue weighted by Gasteiger charge is 2.24. The monoisotopic (exact) mass is 342 g/mol. The van der Waals surface area contributed by atoms with Crippen LogP contribution in [-0.2, 0) is 16.1 Å². The number of ether oxygens (including phenoxy) is 1. The lowest BCUT2D eigenvalue weighted by Crippen LogP contribution is -2.42. The number of rotatable bonds is 5. The van der Waals surface area contributed by atoms with Crippen molar-refractivity contribution in [2.45, 2.75) is 33.4 Å². The summed E-state index contributed by atoms with van der Waals surface area (Å²) in [5, 5.41) is 7.34. The fourth-order valence-electron chi connectivity index (χ4n) is 3.05. The smallest absolute Gasteiger partial charge is 0.238 e. The molecule has 0 bridgehead atoms. The standard InChI is InChI=1S/C19H26N4O2/c1-4-23-11-16(10-20-23)18-12-22(8-9-25-18)13-19(24)21-17-7-5-6-14(2)15(17)3/h5-7,10-11,18H,4,8-9,12-13H2,1-3H3,(H,21,24)/t18-/m1/s1. The van der Waals surface area contributed by atoms with Gasteiger partial charge in [0.15, 0.2) is 0 Å². The van der Waals surface area contributed by atoms with Crippen molar-refractivity contribution in [1.29, 1.82) is 0 Å². The van der Waals surface area contributed by atoms with E-state index in [1.54, 1.807) is 0 Å². The van der Waals surface area contributed by atoms with Crippen molar-refractivity contribution >= 4 is 11.6 Å². The van der Waals surface area contributed by atoms with Crippen LogP contribution in [0.25, 0.3) is 0 Å². The lowest BCUT2D eigenvalue weighted by Gasteiger charge is -2.32. The Morgan fingerprint density at radius 1 is 1.40 bits per heavy atom. The largest absolute Gasteiger partial charge is 0.371 e. The predicted octanol–water partition coefficient (Wildman–Crippen LogP) is 2.53. The predicted molar refractivity (Wildman–Crippen MR) is 97.6 cm³/mol. The second-order valence-electron chi connectivity index (χ2n) is 6.52. The second kappa shape index (κ2) is 7.80. The molecule has 134 valence electrons. The van der Waals surface area contributed by atoms with Gasteiger partial charge in [0.25, 0.3) is 0 Å². The zero-order valence-corrected chi connectivity index (χ0v) is 15.2. The molecule has 2 aromatic rings. The zero-order chi connectivity index (χ0) is 17.8. The molecule has 1 N–H and O–H groups in total. The molecule has 25 heavy (non-hydrogen) atoms. The first kappa shape index (κ1) is 17.6. The first-order valence-corrected chi connectivity index (χ1v) is 8.79. The van der Waals surface area contributed by atoms with Crippen molar-refractivity contribution < 1.29 is 9.53 Å². The number of hydrogen-bond acceptors (Lipinski definition) is 4. The number of carbonyl (C=O) groups is 1. The van der Waals surface area contributed by atoms with E-state index in [1.807, 2.05) is 49.1 Å². The molecule has 1 aliphatic heterocycles. The maximum atomic E-state index is 12.4. The van der Waals surface area contributed by atoms with Crippen LogP contribution in [0, 0.1) is 13.8 Å². The molecule has 1 amide bonds. The molecular formula is C19H26N4O2. The van der Waals surface area contributed by atoms with Gasteiger partial charge in [-0.05, 0) is 38.0 Å². The van der Waals surface area contributed by atoms with Crippen LogP contribution in [0.15, 0.2) is 30.6 Å². The number of morpholine rings is 1. The van der Waals surface area contributed by atoms with Crippen LogP contribution >= 0.6 is 0 Å². The van der Waals surface area contributed by atoms with Crippen molar-refractivity contribution in [2.75, 3.05) is 31.6 Å². The summed E-state index contributed by atoms with van der Waals surface area (Å²) < 4.78 is 7.75. The third-order valence-corrected chi connectivity index (χ3v) is 4.75. The molecule has 0 radical (unpaired) electrons. The molecule has 6 nitrogen and oxygen atoms in total. The van der Waals surface area contributed by atoms with Crippen molar-refractivity contribution in [2.24, 2.45) is 0 Å². The van der Waals surface area contributed by atoms with Gasteiger partial charge in [-0.3, -0.25) is 14.4 Å². The van der Waals surface area contributed by atoms with Gasteiger partial charge in [0, 0.05) is 37.1 Å². The Bertz CT molecular complexity index is 741. The van der Waals surface area contributed by atoms with E-state index in [0.29, 0.717) is 19.7 Å². The van der Waals surface area contributed by atoms with E-state index in [1.165, 1.54) is 5.56 Å². The molecule has 1 aromatic carbocycles. The molecule has 1 aromatic heterocycles. The number of nitrogens with one attached hydrogen (secondary N) is 1. The summed E-state index contributed by atoms with van der Waals surface area (Å²) in [6.45, 7) is 9.44. The van der Waals surface area contributed by atoms with Gasteiger partial charge in [-0.2, -0.15) is 5.10 Å². The fourth-order valence-corrected chi connectivity index (χ4v) is 3.05. The summed E-state index contributed by atoms with van der Waals surface area (Å²) in [4.78, 5) is 14.6. The van der Waals surface area contributed by atoms with Crippen molar-refractivity contribution in [3.63, 3.8) is 0 Å². The third kappa shape index (κ3) is 4.27. The second-order valence-corrected chi connectivity index (χ2v) is 6.52. The Hall–Kier alpha value is -2.18. The highest BCUT2D eigenvalue weighted by Crippen LogP contribution is 2.22. The summed E-state index contributed by atoms with van der Waals surface area (Å²) in [6.07, 6.45) is 3.85. The summed E-state index contributed by atoms with van der Waals surface area (Å²) in [7, 11) is 0. The number of amides is 1. The highest BCUT2D eigenvalue weighted by molar-refractivity contribution is 5.93. The van der Waals surface area contributed by atoms with E-state index in [9.17, 15) is 4.79 Å². The van der Waals surface area contributed by atoms with Gasteiger partial charge in [-0.15, -0.1) is 0 Å². The number of benzene rings is 1. The van der Waals surface area contributed by atoms with Gasteiger partial charge in [0.1, 0.15) is 0 Å². The van der Waals surface area contributed by atoms with E-state index in [-0.39, 0.29) is 12.0 Å². The summed E-state index contributed by atoms with van der Waals surface area (Å²) in [5.41, 5.74) is 4.25. The Kier molecular flexibility index (Phi) is 5.50. The minimum atomic E-state index is -0.0254. The van der Waals surface area contributed by atoms with Crippen LogP contribution in [0.5, 0.6) is 0 Å². The molecule has 3 rings (SSSR count). The van der Waals surface area contributed by atoms with Crippen LogP contribution in [0.3, 0.4) is 0 Å². The number of nitrogens with zero attached hydrogens (tertiary/aromatic N) is 3. The molecule has 1 saturated heterocycles. The molecule has 6 heteroatoms. The molecule has 0 unspecified atom stereocenters. The fraction of sp³-hybridized carbons (Fsp3) is 0.474. The maximum absolute atomic E-state index is 12.4. The Morgan fingerprint density at radius 2 is 2.24 bits per heavy atom. The van der Waals surface area contributed by atoms with Gasteiger partial charge in [-0.1, -0.05) is 12.1 Å². The molecule has 0 aliphatic carbocycles. The van der Waals surface area contributed by atoms with E-state index < -0.39 is 0 Å². The molecule has 1 atom stereocenters. The summed E-state index contributed by atoms with van der Waals surface area (Å²) in [6, 6.07) is 5.96. The van der Waals surface area contributed by atoms with Crippen molar-refractivity contribution in [1.82, 2.24) is 14.7 Å². The lowest BCUT2D eigenvalue weighted by atomic mass is 10.1. The molecule has 1 fully saturated rings. The first-order chi connectivity index (χ1) is 12.1. The summed E-state index contributed by atoms with van der Waals surface area (Å²) in [5.74, 6) is 0.0126. The van der Waals surface area contributed by atoms with E-state index in [0.717, 1.165) is 29.9 Å². The van der Waals surface area contributed by atoms with Crippen LogP contribution < -0.4 is 5.32 Å². The lowest BCUT2D eigenvalue weighted by molar-refractivity contribution is -0.119. The first-order valence-electron chi connectivity index (χ1n) is 8.79. The molecule has 0 saturated carbocycles. The number of aromatic nitrogens is 2. The summed E-state index contributed by atoms with van der Waals surface area (Å²) >= 11 is 0. The molecular weight excluding hydrogens is 316 g/mol. The van der Waals surface area contributed by atoms with Gasteiger partial charge >= 0.3 is 0 Å². The maximum Gasteiger partial charge on any atom is 0.238 e. The molecule has 2 heterocycles. The van der Waals surface area contributed by atoms with Gasteiger partial charge in [0.05, 0.1) is 25.5 Å². The Labute approximate surface area is 148 Å². The third-order valence-electron chi connectivity index (χ3n) is 4.75. The number of anilines is 1. The van der Waals surface area contributed by atoms with Crippen molar-refractivity contribution in [3.8, 4) is 0 Å². The Morgan fingerprint density at radius 3 is 3.00 bits per heavy atom. The van der Waals surface area contributed by atoms with E-state index >= 15 is 0 Å². The SMILES string of the molecule is CCn1cc([C@H]2CN(CC(=O)Nc3cccc(C)c3C)CCO2)cn1. The van der Waals surface area contributed by atoms with Crippen LogP contribution in [0.4, 0.5) is 5.69 Å². The Balaban J connectivity index is 1.58. The van der Waals surface area contributed by atoms with Gasteiger partial charge in [0.2, 0.25) is 5.91 Å². The van der Waals surface area contributed by atoms with Crippen LogP contribution in [0.1, 0.15) is 29.7 Å².